The Morgan fingerprint density at radius 3 is 2.81 bits per heavy atom. The van der Waals surface area contributed by atoms with Crippen molar-refractivity contribution in [3.63, 3.8) is 0 Å². The van der Waals surface area contributed by atoms with Crippen LogP contribution in [0.5, 0.6) is 0 Å². The summed E-state index contributed by atoms with van der Waals surface area (Å²) in [5.41, 5.74) is 0.203. The zero-order valence-electron chi connectivity index (χ0n) is 11.5. The smallest absolute Gasteiger partial charge is 0.251 e. The third kappa shape index (κ3) is 3.94. The van der Waals surface area contributed by atoms with E-state index in [1.807, 2.05) is 6.92 Å². The van der Waals surface area contributed by atoms with E-state index in [2.05, 4.69) is 5.32 Å². The number of rotatable bonds is 4. The van der Waals surface area contributed by atoms with Gasteiger partial charge in [0.2, 0.25) is 10.0 Å². The van der Waals surface area contributed by atoms with E-state index in [1.54, 1.807) is 0 Å². The van der Waals surface area contributed by atoms with E-state index < -0.39 is 10.0 Å². The number of carbonyl (C=O) groups is 1. The summed E-state index contributed by atoms with van der Waals surface area (Å²) in [6.45, 7) is 3.21. The highest BCUT2D eigenvalue weighted by Gasteiger charge is 2.24. The number of halogens is 1. The Kier molecular flexibility index (Phi) is 4.88. The van der Waals surface area contributed by atoms with Crippen molar-refractivity contribution in [3.05, 3.63) is 28.8 Å². The van der Waals surface area contributed by atoms with E-state index in [9.17, 15) is 13.2 Å². The molecule has 0 bridgehead atoms. The highest BCUT2D eigenvalue weighted by atomic mass is 35.5. The SMILES string of the molecule is CC(NC(=O)c1ccc(Cl)c(S(N)(=O)=O)c1)C1CCOC1. The van der Waals surface area contributed by atoms with E-state index in [0.717, 1.165) is 6.42 Å². The van der Waals surface area contributed by atoms with Crippen molar-refractivity contribution in [1.29, 1.82) is 0 Å². The van der Waals surface area contributed by atoms with Gasteiger partial charge < -0.3 is 10.1 Å². The number of nitrogens with one attached hydrogen (secondary N) is 1. The van der Waals surface area contributed by atoms with Crippen molar-refractivity contribution in [2.75, 3.05) is 13.2 Å². The molecule has 0 aromatic heterocycles. The van der Waals surface area contributed by atoms with E-state index in [-0.39, 0.29) is 33.3 Å². The molecule has 8 heteroatoms. The van der Waals surface area contributed by atoms with Crippen LogP contribution in [0.1, 0.15) is 23.7 Å². The molecule has 1 fully saturated rings. The molecular weight excluding hydrogens is 316 g/mol. The van der Waals surface area contributed by atoms with Crippen LogP contribution in [0, 0.1) is 5.92 Å². The molecular formula is C13H17ClN2O4S. The lowest BCUT2D eigenvalue weighted by molar-refractivity contribution is 0.0922. The van der Waals surface area contributed by atoms with Gasteiger partial charge >= 0.3 is 0 Å². The van der Waals surface area contributed by atoms with Gasteiger partial charge in [-0.3, -0.25) is 4.79 Å². The highest BCUT2D eigenvalue weighted by Crippen LogP contribution is 2.22. The summed E-state index contributed by atoms with van der Waals surface area (Å²) in [5.74, 6) is -0.102. The molecule has 1 heterocycles. The van der Waals surface area contributed by atoms with Crippen LogP contribution in [-0.2, 0) is 14.8 Å². The van der Waals surface area contributed by atoms with Crippen molar-refractivity contribution in [1.82, 2.24) is 5.32 Å². The standard InChI is InChI=1S/C13H17ClN2O4S/c1-8(10-4-5-20-7-10)16-13(17)9-2-3-11(14)12(6-9)21(15,18)19/h2-3,6,8,10H,4-5,7H2,1H3,(H,16,17)(H2,15,18,19). The van der Waals surface area contributed by atoms with Gasteiger partial charge in [-0.15, -0.1) is 0 Å². The average molecular weight is 333 g/mol. The van der Waals surface area contributed by atoms with Crippen LogP contribution in [0.25, 0.3) is 0 Å². The predicted octanol–water partition coefficient (Wildman–Crippen LogP) is 1.14. The van der Waals surface area contributed by atoms with Gasteiger partial charge in [-0.25, -0.2) is 13.6 Å². The summed E-state index contributed by atoms with van der Waals surface area (Å²) in [5, 5.41) is 7.90. The second-order valence-corrected chi connectivity index (χ2v) is 7.01. The number of benzene rings is 1. The molecule has 0 spiro atoms. The Morgan fingerprint density at radius 2 is 2.24 bits per heavy atom. The number of sulfonamides is 1. The molecule has 21 heavy (non-hydrogen) atoms. The first-order chi connectivity index (χ1) is 9.79. The third-order valence-corrected chi connectivity index (χ3v) is 4.92. The number of ether oxygens (including phenoxy) is 1. The second kappa shape index (κ2) is 6.31. The lowest BCUT2D eigenvalue weighted by atomic mass is 10.0. The lowest BCUT2D eigenvalue weighted by Crippen LogP contribution is -2.38. The summed E-state index contributed by atoms with van der Waals surface area (Å²) in [4.78, 5) is 11.9. The first-order valence-electron chi connectivity index (χ1n) is 6.50. The monoisotopic (exact) mass is 332 g/mol. The fourth-order valence-electron chi connectivity index (χ4n) is 2.22. The summed E-state index contributed by atoms with van der Waals surface area (Å²) in [6.07, 6.45) is 0.893. The number of nitrogens with two attached hydrogens (primary N) is 1. The minimum atomic E-state index is -3.97. The van der Waals surface area contributed by atoms with Gasteiger partial charge in [0, 0.05) is 24.1 Å². The maximum absolute atomic E-state index is 12.2. The predicted molar refractivity (Wildman–Crippen MR) is 78.7 cm³/mol. The second-order valence-electron chi connectivity index (χ2n) is 5.08. The molecule has 116 valence electrons. The number of hydrogen-bond donors (Lipinski definition) is 2. The van der Waals surface area contributed by atoms with E-state index in [0.29, 0.717) is 13.2 Å². The van der Waals surface area contributed by atoms with Gasteiger partial charge in [0.1, 0.15) is 4.90 Å². The Labute approximate surface area is 128 Å². The summed E-state index contributed by atoms with van der Waals surface area (Å²) in [6, 6.07) is 3.93. The number of hydrogen-bond acceptors (Lipinski definition) is 4. The van der Waals surface area contributed by atoms with Gasteiger partial charge in [0.25, 0.3) is 5.91 Å². The topological polar surface area (TPSA) is 98.5 Å². The lowest BCUT2D eigenvalue weighted by Gasteiger charge is -2.19. The molecule has 1 aliphatic heterocycles. The van der Waals surface area contributed by atoms with Gasteiger partial charge in [-0.2, -0.15) is 0 Å². The molecule has 1 aliphatic rings. The average Bonchev–Trinajstić information content (AvgIpc) is 2.91. The molecule has 6 nitrogen and oxygen atoms in total. The molecule has 0 radical (unpaired) electrons. The maximum atomic E-state index is 12.2. The van der Waals surface area contributed by atoms with Gasteiger partial charge in [-0.05, 0) is 31.5 Å². The van der Waals surface area contributed by atoms with Crippen LogP contribution in [0.4, 0.5) is 0 Å². The number of primary sulfonamides is 1. The fraction of sp³-hybridized carbons (Fsp3) is 0.462. The van der Waals surface area contributed by atoms with Crippen LogP contribution in [-0.4, -0.2) is 33.6 Å². The first kappa shape index (κ1) is 16.2. The van der Waals surface area contributed by atoms with Crippen LogP contribution < -0.4 is 10.5 Å². The Hall–Kier alpha value is -1.15. The quantitative estimate of drug-likeness (QED) is 0.863. The third-order valence-electron chi connectivity index (χ3n) is 3.53. The van der Waals surface area contributed by atoms with Gasteiger partial charge in [0.15, 0.2) is 0 Å². The molecule has 1 aromatic carbocycles. The molecule has 2 rings (SSSR count). The van der Waals surface area contributed by atoms with Crippen LogP contribution in [0.15, 0.2) is 23.1 Å². The van der Waals surface area contributed by atoms with Crippen LogP contribution in [0.3, 0.4) is 0 Å². The van der Waals surface area contributed by atoms with Crippen molar-refractivity contribution in [3.8, 4) is 0 Å². The van der Waals surface area contributed by atoms with Crippen molar-refractivity contribution in [2.24, 2.45) is 11.1 Å². The normalized spacial score (nSPS) is 20.2. The van der Waals surface area contributed by atoms with Gasteiger partial charge in [0.05, 0.1) is 11.6 Å². The van der Waals surface area contributed by atoms with Crippen LogP contribution >= 0.6 is 11.6 Å². The van der Waals surface area contributed by atoms with E-state index >= 15 is 0 Å². The van der Waals surface area contributed by atoms with Gasteiger partial charge in [-0.1, -0.05) is 11.6 Å². The summed E-state index contributed by atoms with van der Waals surface area (Å²) >= 11 is 5.79. The summed E-state index contributed by atoms with van der Waals surface area (Å²) < 4.78 is 28.1. The van der Waals surface area contributed by atoms with Crippen molar-refractivity contribution in [2.45, 2.75) is 24.3 Å². The minimum Gasteiger partial charge on any atom is -0.381 e. The van der Waals surface area contributed by atoms with Crippen LogP contribution in [0.2, 0.25) is 5.02 Å². The molecule has 2 atom stereocenters. The van der Waals surface area contributed by atoms with Crippen molar-refractivity contribution >= 4 is 27.5 Å². The largest absolute Gasteiger partial charge is 0.381 e. The number of amides is 1. The molecule has 3 N–H and O–H groups in total. The highest BCUT2D eigenvalue weighted by molar-refractivity contribution is 7.89. The van der Waals surface area contributed by atoms with E-state index in [4.69, 9.17) is 21.5 Å². The molecule has 1 amide bonds. The zero-order valence-corrected chi connectivity index (χ0v) is 13.1. The molecule has 1 saturated heterocycles. The molecule has 2 unspecified atom stereocenters. The molecule has 0 aliphatic carbocycles. The first-order valence-corrected chi connectivity index (χ1v) is 8.42. The Morgan fingerprint density at radius 1 is 1.52 bits per heavy atom. The number of carbonyl (C=O) groups excluding carboxylic acids is 1. The Balaban J connectivity index is 2.16. The van der Waals surface area contributed by atoms with E-state index in [1.165, 1.54) is 18.2 Å². The molecule has 0 saturated carbocycles. The zero-order chi connectivity index (χ0) is 15.6. The molecule has 1 aromatic rings. The van der Waals surface area contributed by atoms with Crippen molar-refractivity contribution < 1.29 is 17.9 Å². The summed E-state index contributed by atoms with van der Waals surface area (Å²) in [7, 11) is -3.97. The fourth-order valence-corrected chi connectivity index (χ4v) is 3.29. The maximum Gasteiger partial charge on any atom is 0.251 e. The Bertz CT molecular complexity index is 642. The minimum absolute atomic E-state index is 0.00806.